The van der Waals surface area contributed by atoms with Gasteiger partial charge < -0.3 is 9.64 Å². The van der Waals surface area contributed by atoms with Crippen molar-refractivity contribution in [1.82, 2.24) is 13.9 Å². The Morgan fingerprint density at radius 1 is 1.04 bits per heavy atom. The normalized spacial score (nSPS) is 17.5. The second-order valence-corrected chi connectivity index (χ2v) is 9.68. The predicted molar refractivity (Wildman–Crippen MR) is 95.7 cm³/mol. The zero-order chi connectivity index (χ0) is 18.5. The summed E-state index contributed by atoms with van der Waals surface area (Å²) in [6, 6.07) is 6.00. The van der Waals surface area contributed by atoms with Crippen LogP contribution in [0.3, 0.4) is 0 Å². The Hall–Kier alpha value is -1.20. The summed E-state index contributed by atoms with van der Waals surface area (Å²) < 4.78 is 58.1. The number of hydrogen-bond acceptors (Lipinski definition) is 6. The number of likely N-dealkylation sites (N-methyl/N-ethyl adjacent to an activating group) is 1. The Labute approximate surface area is 149 Å². The molecular weight excluding hydrogens is 366 g/mol. The fraction of sp³-hybridized carbons (Fsp3) is 0.600. The van der Waals surface area contributed by atoms with Crippen LogP contribution in [0.25, 0.3) is 0 Å². The summed E-state index contributed by atoms with van der Waals surface area (Å²) >= 11 is 0. The van der Waals surface area contributed by atoms with Crippen LogP contribution in [-0.2, 0) is 20.0 Å². The third-order valence-corrected chi connectivity index (χ3v) is 7.30. The van der Waals surface area contributed by atoms with E-state index in [9.17, 15) is 16.8 Å². The molecule has 1 saturated heterocycles. The summed E-state index contributed by atoms with van der Waals surface area (Å²) in [5.74, 6) is 0.326. The van der Waals surface area contributed by atoms with Gasteiger partial charge in [-0.25, -0.2) is 21.6 Å². The minimum atomic E-state index is -3.75. The molecule has 1 heterocycles. The fourth-order valence-corrected chi connectivity index (χ4v) is 4.96. The lowest BCUT2D eigenvalue weighted by Crippen LogP contribution is -2.48. The second-order valence-electron chi connectivity index (χ2n) is 5.82. The van der Waals surface area contributed by atoms with Crippen LogP contribution in [0.5, 0.6) is 5.75 Å². The zero-order valence-corrected chi connectivity index (χ0v) is 16.1. The van der Waals surface area contributed by atoms with Gasteiger partial charge >= 0.3 is 0 Å². The number of piperazine rings is 1. The highest BCUT2D eigenvalue weighted by Crippen LogP contribution is 2.16. The minimum absolute atomic E-state index is 0.0768. The highest BCUT2D eigenvalue weighted by atomic mass is 32.2. The van der Waals surface area contributed by atoms with Crippen molar-refractivity contribution < 1.29 is 21.6 Å². The van der Waals surface area contributed by atoms with Crippen LogP contribution >= 0.6 is 0 Å². The number of hydrogen-bond donors (Lipinski definition) is 1. The molecule has 0 bridgehead atoms. The van der Waals surface area contributed by atoms with Crippen molar-refractivity contribution in [2.75, 3.05) is 52.1 Å². The van der Waals surface area contributed by atoms with Crippen LogP contribution in [0.4, 0.5) is 0 Å². The van der Waals surface area contributed by atoms with Crippen LogP contribution in [0.2, 0.25) is 0 Å². The lowest BCUT2D eigenvalue weighted by atomic mass is 10.3. The first-order valence-electron chi connectivity index (χ1n) is 8.13. The maximum absolute atomic E-state index is 12.3. The lowest BCUT2D eigenvalue weighted by molar-refractivity contribution is 0.222. The van der Waals surface area contributed by atoms with Gasteiger partial charge in [0.15, 0.2) is 0 Å². The number of benzene rings is 1. The topological polar surface area (TPSA) is 96.0 Å². The molecule has 142 valence electrons. The van der Waals surface area contributed by atoms with Gasteiger partial charge in [-0.2, -0.15) is 4.31 Å². The lowest BCUT2D eigenvalue weighted by Gasteiger charge is -2.31. The van der Waals surface area contributed by atoms with Gasteiger partial charge in [0.25, 0.3) is 0 Å². The molecule has 0 saturated carbocycles. The van der Waals surface area contributed by atoms with Crippen molar-refractivity contribution in [2.24, 2.45) is 0 Å². The van der Waals surface area contributed by atoms with E-state index in [1.165, 1.54) is 16.4 Å². The van der Waals surface area contributed by atoms with E-state index in [2.05, 4.69) is 9.62 Å². The van der Waals surface area contributed by atoms with Gasteiger partial charge in [0, 0.05) is 32.7 Å². The third-order valence-electron chi connectivity index (χ3n) is 3.95. The van der Waals surface area contributed by atoms with E-state index in [-0.39, 0.29) is 17.2 Å². The Morgan fingerprint density at radius 2 is 1.64 bits per heavy atom. The fourth-order valence-electron chi connectivity index (χ4n) is 2.47. The van der Waals surface area contributed by atoms with Gasteiger partial charge in [-0.1, -0.05) is 0 Å². The van der Waals surface area contributed by atoms with Gasteiger partial charge in [-0.15, -0.1) is 0 Å². The molecule has 1 aliphatic rings. The molecule has 0 atom stereocenters. The second kappa shape index (κ2) is 8.45. The van der Waals surface area contributed by atoms with Crippen molar-refractivity contribution >= 4 is 20.0 Å². The van der Waals surface area contributed by atoms with Crippen LogP contribution < -0.4 is 9.46 Å². The molecule has 10 heteroatoms. The number of rotatable bonds is 8. The Kier molecular flexibility index (Phi) is 6.80. The summed E-state index contributed by atoms with van der Waals surface area (Å²) in [5.41, 5.74) is 0. The molecule has 0 spiro atoms. The molecule has 1 aromatic carbocycles. The first kappa shape index (κ1) is 20.1. The summed E-state index contributed by atoms with van der Waals surface area (Å²) in [6.45, 7) is 4.40. The molecule has 2 rings (SSSR count). The molecule has 0 amide bonds. The SMILES string of the molecule is CCOc1ccc(S(=O)(=O)NCCS(=O)(=O)N2CCN(C)CC2)cc1. The van der Waals surface area contributed by atoms with E-state index in [4.69, 9.17) is 4.74 Å². The molecule has 1 fully saturated rings. The largest absolute Gasteiger partial charge is 0.494 e. The predicted octanol–water partition coefficient (Wildman–Crippen LogP) is -0.0592. The van der Waals surface area contributed by atoms with Crippen LogP contribution in [0.1, 0.15) is 6.92 Å². The number of sulfonamides is 2. The van der Waals surface area contributed by atoms with Crippen LogP contribution in [0, 0.1) is 0 Å². The van der Waals surface area contributed by atoms with Gasteiger partial charge in [-0.05, 0) is 38.2 Å². The smallest absolute Gasteiger partial charge is 0.240 e. The molecule has 0 aromatic heterocycles. The average Bonchev–Trinajstić information content (AvgIpc) is 2.56. The maximum atomic E-state index is 12.3. The molecule has 0 aliphatic carbocycles. The van der Waals surface area contributed by atoms with Crippen molar-refractivity contribution in [3.8, 4) is 5.75 Å². The van der Waals surface area contributed by atoms with E-state index >= 15 is 0 Å². The zero-order valence-electron chi connectivity index (χ0n) is 14.5. The Balaban J connectivity index is 1.91. The third kappa shape index (κ3) is 5.65. The molecule has 25 heavy (non-hydrogen) atoms. The van der Waals surface area contributed by atoms with Crippen LogP contribution in [0.15, 0.2) is 29.2 Å². The molecule has 8 nitrogen and oxygen atoms in total. The Morgan fingerprint density at radius 3 is 2.20 bits per heavy atom. The quantitative estimate of drug-likeness (QED) is 0.667. The molecule has 0 unspecified atom stereocenters. The standard InChI is InChI=1S/C15H25N3O5S2/c1-3-23-14-4-6-15(7-5-14)25(21,22)16-8-13-24(19,20)18-11-9-17(2)10-12-18/h4-7,16H,3,8-13H2,1-2H3. The average molecular weight is 392 g/mol. The number of nitrogens with one attached hydrogen (secondary N) is 1. The first-order chi connectivity index (χ1) is 11.7. The van der Waals surface area contributed by atoms with E-state index < -0.39 is 20.0 Å². The van der Waals surface area contributed by atoms with Gasteiger partial charge in [0.1, 0.15) is 5.75 Å². The number of ether oxygens (including phenoxy) is 1. The van der Waals surface area contributed by atoms with Crippen LogP contribution in [-0.4, -0.2) is 78.2 Å². The molecule has 0 radical (unpaired) electrons. The molecule has 1 aromatic rings. The Bertz CT molecular complexity index is 755. The first-order valence-corrected chi connectivity index (χ1v) is 11.2. The van der Waals surface area contributed by atoms with E-state index in [1.54, 1.807) is 12.1 Å². The summed E-state index contributed by atoms with van der Waals surface area (Å²) in [7, 11) is -5.28. The highest BCUT2D eigenvalue weighted by molar-refractivity contribution is 7.90. The summed E-state index contributed by atoms with van der Waals surface area (Å²) in [6.07, 6.45) is 0. The van der Waals surface area contributed by atoms with Crippen molar-refractivity contribution in [3.63, 3.8) is 0 Å². The van der Waals surface area contributed by atoms with Crippen molar-refractivity contribution in [2.45, 2.75) is 11.8 Å². The monoisotopic (exact) mass is 391 g/mol. The van der Waals surface area contributed by atoms with E-state index in [1.807, 2.05) is 14.0 Å². The summed E-state index contributed by atoms with van der Waals surface area (Å²) in [5, 5.41) is 0. The summed E-state index contributed by atoms with van der Waals surface area (Å²) in [4.78, 5) is 2.13. The molecule has 1 aliphatic heterocycles. The number of nitrogens with zero attached hydrogens (tertiary/aromatic N) is 2. The van der Waals surface area contributed by atoms with E-state index in [0.717, 1.165) is 0 Å². The molecular formula is C15H25N3O5S2. The van der Waals surface area contributed by atoms with Gasteiger partial charge in [0.05, 0.1) is 17.3 Å². The van der Waals surface area contributed by atoms with Gasteiger partial charge in [0.2, 0.25) is 20.0 Å². The van der Waals surface area contributed by atoms with E-state index in [0.29, 0.717) is 38.5 Å². The van der Waals surface area contributed by atoms with Crippen molar-refractivity contribution in [1.29, 1.82) is 0 Å². The highest BCUT2D eigenvalue weighted by Gasteiger charge is 2.26. The van der Waals surface area contributed by atoms with Crippen molar-refractivity contribution in [3.05, 3.63) is 24.3 Å². The maximum Gasteiger partial charge on any atom is 0.240 e. The van der Waals surface area contributed by atoms with Gasteiger partial charge in [-0.3, -0.25) is 0 Å². The molecule has 1 N–H and O–H groups in total. The minimum Gasteiger partial charge on any atom is -0.494 e.